The van der Waals surface area contributed by atoms with Gasteiger partial charge in [0.05, 0.1) is 0 Å². The Bertz CT molecular complexity index is 1060. The molecule has 0 saturated heterocycles. The number of hydrogen-bond donors (Lipinski definition) is 0. The van der Waals surface area contributed by atoms with Crippen LogP contribution in [0, 0.1) is 20.8 Å². The summed E-state index contributed by atoms with van der Waals surface area (Å²) in [5.74, 6) is 0. The summed E-state index contributed by atoms with van der Waals surface area (Å²) in [5, 5.41) is 0. The average molecular weight is 561 g/mol. The van der Waals surface area contributed by atoms with Crippen LogP contribution < -0.4 is 3.58 Å². The van der Waals surface area contributed by atoms with Gasteiger partial charge in [-0.05, 0) is 0 Å². The zero-order chi connectivity index (χ0) is 22.7. The molecule has 1 heterocycles. The van der Waals surface area contributed by atoms with Crippen molar-refractivity contribution in [2.45, 2.75) is 34.6 Å². The number of para-hydroxylation sites is 2. The Kier molecular flexibility index (Phi) is 8.12. The second-order valence-electron chi connectivity index (χ2n) is 7.28. The Labute approximate surface area is 205 Å². The van der Waals surface area contributed by atoms with Crippen LogP contribution in [0.5, 0.6) is 0 Å². The molecule has 1 aromatic heterocycles. The summed E-state index contributed by atoms with van der Waals surface area (Å²) in [4.78, 5) is 9.82. The average Bonchev–Trinajstić information content (AvgIpc) is 2.72. The first kappa shape index (κ1) is 24.2. The Morgan fingerprint density at radius 2 is 1.16 bits per heavy atom. The second kappa shape index (κ2) is 10.4. The van der Waals surface area contributed by atoms with Crippen LogP contribution in [0.2, 0.25) is 0 Å². The summed E-state index contributed by atoms with van der Waals surface area (Å²) in [5.41, 5.74) is 8.64. The fourth-order valence-corrected chi connectivity index (χ4v) is 5.87. The molecular formula is C24H24BrCl2FeN3+. The van der Waals surface area contributed by atoms with Crippen LogP contribution in [-0.2, 0) is 12.3 Å². The predicted molar refractivity (Wildman–Crippen MR) is 132 cm³/mol. The van der Waals surface area contributed by atoms with Crippen LogP contribution in [0.15, 0.2) is 69.1 Å². The molecule has 0 spiro atoms. The molecule has 0 aliphatic heterocycles. The normalized spacial score (nSPS) is 12.8. The van der Waals surface area contributed by atoms with Crippen LogP contribution >= 0.6 is 36.1 Å². The molecule has 0 aliphatic carbocycles. The van der Waals surface area contributed by atoms with Crippen molar-refractivity contribution < 1.29 is 15.9 Å². The van der Waals surface area contributed by atoms with Crippen molar-refractivity contribution in [2.75, 3.05) is 0 Å². The van der Waals surface area contributed by atoms with Gasteiger partial charge in [0.1, 0.15) is 0 Å². The second-order valence-corrected chi connectivity index (χ2v) is 11.8. The van der Waals surface area contributed by atoms with E-state index in [1.807, 2.05) is 66.8 Å². The number of benzene rings is 2. The number of aryl methyl sites for hydroxylation is 3. The van der Waals surface area contributed by atoms with Gasteiger partial charge in [0.25, 0.3) is 0 Å². The molecule has 0 atom stereocenters. The van der Waals surface area contributed by atoms with Crippen molar-refractivity contribution in [3.63, 3.8) is 0 Å². The molecule has 0 fully saturated rings. The molecule has 3 rings (SSSR count). The van der Waals surface area contributed by atoms with Crippen LogP contribution in [0.4, 0.5) is 11.4 Å². The summed E-state index contributed by atoms with van der Waals surface area (Å²) in [6.45, 7) is 10.1. The molecule has 0 aliphatic rings. The fourth-order valence-electron chi connectivity index (χ4n) is 3.33. The van der Waals surface area contributed by atoms with Gasteiger partial charge in [0.15, 0.2) is 0 Å². The molecule has 0 N–H and O–H groups in total. The summed E-state index contributed by atoms with van der Waals surface area (Å²) >= 11 is 1.91. The zero-order valence-corrected chi connectivity index (χ0v) is 22.2. The van der Waals surface area contributed by atoms with Gasteiger partial charge in [-0.3, -0.25) is 0 Å². The Hall–Kier alpha value is -1.49. The van der Waals surface area contributed by atoms with Crippen LogP contribution in [-0.4, -0.2) is 11.4 Å². The first-order valence-corrected chi connectivity index (χ1v) is 14.0. The van der Waals surface area contributed by atoms with Gasteiger partial charge in [-0.25, -0.2) is 0 Å². The number of rotatable bonds is 5. The quantitative estimate of drug-likeness (QED) is 0.227. The van der Waals surface area contributed by atoms with E-state index in [0.717, 1.165) is 55.3 Å². The Morgan fingerprint density at radius 1 is 0.742 bits per heavy atom. The van der Waals surface area contributed by atoms with E-state index in [-0.39, 0.29) is 0 Å². The van der Waals surface area contributed by atoms with Gasteiger partial charge in [-0.1, -0.05) is 0 Å². The van der Waals surface area contributed by atoms with Crippen LogP contribution in [0.25, 0.3) is 0 Å². The first-order valence-electron chi connectivity index (χ1n) is 9.69. The number of aromatic nitrogens is 1. The minimum absolute atomic E-state index is 0.829. The molecule has 2 aromatic carbocycles. The first-order chi connectivity index (χ1) is 14.7. The molecule has 0 bridgehead atoms. The topological polar surface area (TPSA) is 28.6 Å². The number of halogens is 3. The molecule has 31 heavy (non-hydrogen) atoms. The predicted octanol–water partition coefficient (Wildman–Crippen LogP) is 7.63. The summed E-state index contributed by atoms with van der Waals surface area (Å²) in [7, 11) is 13.1. The van der Waals surface area contributed by atoms with Gasteiger partial charge < -0.3 is 0 Å². The third-order valence-electron chi connectivity index (χ3n) is 4.97. The summed E-state index contributed by atoms with van der Waals surface area (Å²) < 4.78 is 2.89. The van der Waals surface area contributed by atoms with E-state index >= 15 is 0 Å². The summed E-state index contributed by atoms with van der Waals surface area (Å²) in [6, 6.07) is 18.2. The molecular weight excluding hydrogens is 537 g/mol. The maximum atomic E-state index is 6.53. The molecule has 3 aromatic rings. The fraction of sp³-hybridized carbons (Fsp3) is 0.208. The van der Waals surface area contributed by atoms with Crippen molar-refractivity contribution in [3.8, 4) is 0 Å². The Morgan fingerprint density at radius 3 is 1.65 bits per heavy atom. The van der Waals surface area contributed by atoms with Crippen molar-refractivity contribution >= 4 is 58.9 Å². The van der Waals surface area contributed by atoms with Gasteiger partial charge in [0.2, 0.25) is 0 Å². The number of hydrogen-bond acceptors (Lipinski definition) is 2. The van der Waals surface area contributed by atoms with E-state index in [9.17, 15) is 0 Å². The van der Waals surface area contributed by atoms with Crippen LogP contribution in [0.3, 0.4) is 0 Å². The summed E-state index contributed by atoms with van der Waals surface area (Å²) in [6.07, 6.45) is 0. The number of aliphatic imine (C=N–C) groups is 2. The van der Waals surface area contributed by atoms with Gasteiger partial charge in [-0.15, -0.1) is 0 Å². The van der Waals surface area contributed by atoms with Crippen molar-refractivity contribution in [1.82, 2.24) is 0 Å². The SMILES string of the molecule is CC(=Nc1c(C)cccc1C)c1cccc(C(C)=Nc2c(C)cccc2Br)[n+]1[Fe]([Cl])[Cl]. The van der Waals surface area contributed by atoms with Gasteiger partial charge >= 0.3 is 207 Å². The maximum absolute atomic E-state index is 6.53. The molecule has 0 radical (unpaired) electrons. The monoisotopic (exact) mass is 559 g/mol. The number of nitrogens with zero attached hydrogens (tertiary/aromatic N) is 3. The molecule has 0 amide bonds. The van der Waals surface area contributed by atoms with Gasteiger partial charge in [-0.2, -0.15) is 0 Å². The molecule has 7 heteroatoms. The minimum atomic E-state index is -1.69. The van der Waals surface area contributed by atoms with Gasteiger partial charge in [0, 0.05) is 0 Å². The zero-order valence-electron chi connectivity index (χ0n) is 18.0. The standard InChI is InChI=1S/C24H24BrN3.2ClH.Fe/c1-15-9-6-10-16(2)23(15)26-18(4)21-13-8-14-22(28-21)19(5)27-24-17(3)11-7-12-20(24)25;;;/h6-14H,1-5H3;2*1H;/q;;;+3/p-2. The van der Waals surface area contributed by atoms with E-state index in [4.69, 9.17) is 30.2 Å². The molecule has 163 valence electrons. The van der Waals surface area contributed by atoms with E-state index in [0.29, 0.717) is 0 Å². The van der Waals surface area contributed by atoms with E-state index < -0.39 is 12.3 Å². The van der Waals surface area contributed by atoms with E-state index in [1.165, 1.54) is 0 Å². The molecule has 0 saturated carbocycles. The van der Waals surface area contributed by atoms with Crippen molar-refractivity contribution in [3.05, 3.63) is 87.1 Å². The van der Waals surface area contributed by atoms with Crippen molar-refractivity contribution in [1.29, 1.82) is 0 Å². The molecule has 0 unspecified atom stereocenters. The Balaban J connectivity index is 2.16. The van der Waals surface area contributed by atoms with Crippen LogP contribution in [0.1, 0.15) is 41.9 Å². The van der Waals surface area contributed by atoms with Crippen molar-refractivity contribution in [2.24, 2.45) is 9.98 Å². The van der Waals surface area contributed by atoms with E-state index in [1.54, 1.807) is 0 Å². The third kappa shape index (κ3) is 5.47. The molecule has 3 nitrogen and oxygen atoms in total. The van der Waals surface area contributed by atoms with E-state index in [2.05, 4.69) is 41.9 Å². The number of pyridine rings is 1. The third-order valence-corrected chi connectivity index (χ3v) is 7.50.